The number of methoxy groups -OCH3 is 1. The quantitative estimate of drug-likeness (QED) is 0.137. The summed E-state index contributed by atoms with van der Waals surface area (Å²) in [5.41, 5.74) is 4.91. The van der Waals surface area contributed by atoms with E-state index in [1.807, 2.05) is 60.9 Å². The van der Waals surface area contributed by atoms with Gasteiger partial charge in [-0.2, -0.15) is 0 Å². The molecule has 5 aromatic rings. The summed E-state index contributed by atoms with van der Waals surface area (Å²) in [6.07, 6.45) is 9.38. The van der Waals surface area contributed by atoms with Crippen molar-refractivity contribution >= 4 is 16.7 Å². The van der Waals surface area contributed by atoms with Crippen molar-refractivity contribution in [3.8, 4) is 28.4 Å². The van der Waals surface area contributed by atoms with E-state index in [1.165, 1.54) is 19.9 Å². The fraction of sp³-hybridized carbons (Fsp3) is 0.103. The number of ether oxygens (including phenoxy) is 1. The SMILES string of the molecule is CC(=O)/C=C(/C)O.COc1cc[c-]c(-c2ccc3cc(-n4cccc4)c(-n4cccc4)cc3n2)c1.[Ir]. The molecule has 3 aromatic heterocycles. The number of allylic oxidation sites excluding steroid dienone is 2. The zero-order chi connectivity index (χ0) is 24.8. The Kier molecular flexibility index (Phi) is 9.01. The number of hydrogen-bond acceptors (Lipinski definition) is 4. The first-order valence-corrected chi connectivity index (χ1v) is 11.1. The number of aromatic nitrogens is 3. The second kappa shape index (κ2) is 12.2. The molecule has 0 aliphatic carbocycles. The van der Waals surface area contributed by atoms with E-state index in [4.69, 9.17) is 14.8 Å². The Morgan fingerprint density at radius 3 is 2.08 bits per heavy atom. The minimum Gasteiger partial charge on any atom is -0.516 e. The largest absolute Gasteiger partial charge is 0.516 e. The summed E-state index contributed by atoms with van der Waals surface area (Å²) in [6.45, 7) is 2.85. The molecule has 0 fully saturated rings. The van der Waals surface area contributed by atoms with Crippen molar-refractivity contribution in [2.75, 3.05) is 7.11 Å². The first-order chi connectivity index (χ1) is 16.9. The molecular weight excluding hydrogens is 631 g/mol. The topological polar surface area (TPSA) is 69.3 Å². The van der Waals surface area contributed by atoms with Crippen LogP contribution in [0.3, 0.4) is 0 Å². The van der Waals surface area contributed by atoms with Gasteiger partial charge in [0.25, 0.3) is 0 Å². The number of carbonyl (C=O) groups excluding carboxylic acids is 1. The minimum absolute atomic E-state index is 0. The van der Waals surface area contributed by atoms with Gasteiger partial charge in [0.2, 0.25) is 0 Å². The second-order valence-electron chi connectivity index (χ2n) is 7.95. The molecule has 0 unspecified atom stereocenters. The van der Waals surface area contributed by atoms with Crippen molar-refractivity contribution in [2.45, 2.75) is 13.8 Å². The Bertz CT molecular complexity index is 1470. The van der Waals surface area contributed by atoms with Crippen molar-refractivity contribution in [1.82, 2.24) is 14.1 Å². The van der Waals surface area contributed by atoms with Gasteiger partial charge >= 0.3 is 0 Å². The number of benzene rings is 2. The van der Waals surface area contributed by atoms with Gasteiger partial charge in [-0.25, -0.2) is 0 Å². The molecule has 1 radical (unpaired) electrons. The molecule has 5 rings (SSSR count). The average Bonchev–Trinajstić information content (AvgIpc) is 3.57. The van der Waals surface area contributed by atoms with Gasteiger partial charge < -0.3 is 19.0 Å². The zero-order valence-corrected chi connectivity index (χ0v) is 22.6. The standard InChI is InChI=1S/C24H18N3O.C5H8O2.Ir/c1-28-20-8-6-7-18(15-20)21-10-9-19-16-23(26-11-2-3-12-26)24(17-22(19)25-21)27-13-4-5-14-27;1-4(6)3-5(2)7;/h2-6,8-17H,1H3;3,6H,1-2H3;/q-1;;/b;4-3-;. The summed E-state index contributed by atoms with van der Waals surface area (Å²) < 4.78 is 9.57. The van der Waals surface area contributed by atoms with E-state index in [0.29, 0.717) is 0 Å². The smallest absolute Gasteiger partial charge is 0.155 e. The van der Waals surface area contributed by atoms with Crippen LogP contribution in [0.5, 0.6) is 5.75 Å². The molecule has 0 saturated heterocycles. The molecule has 0 atom stereocenters. The number of aliphatic hydroxyl groups excluding tert-OH is 1. The second-order valence-corrected chi connectivity index (χ2v) is 7.95. The molecule has 0 aliphatic heterocycles. The number of rotatable bonds is 5. The van der Waals surface area contributed by atoms with Crippen LogP contribution in [-0.2, 0) is 24.9 Å². The van der Waals surface area contributed by atoms with Crippen molar-refractivity contribution in [2.24, 2.45) is 0 Å². The molecule has 2 aromatic carbocycles. The van der Waals surface area contributed by atoms with Crippen molar-refractivity contribution < 1.29 is 34.7 Å². The Labute approximate surface area is 223 Å². The number of ketones is 1. The molecule has 6 nitrogen and oxygen atoms in total. The molecule has 0 amide bonds. The summed E-state index contributed by atoms with van der Waals surface area (Å²) in [5, 5.41) is 9.45. The number of pyridine rings is 1. The normalized spacial score (nSPS) is 10.8. The third kappa shape index (κ3) is 6.39. The van der Waals surface area contributed by atoms with Crippen LogP contribution in [0.25, 0.3) is 33.5 Å². The summed E-state index contributed by atoms with van der Waals surface area (Å²) >= 11 is 0. The van der Waals surface area contributed by atoms with E-state index in [2.05, 4.69) is 45.8 Å². The molecule has 7 heteroatoms. The van der Waals surface area contributed by atoms with Crippen LogP contribution in [0, 0.1) is 6.07 Å². The molecule has 36 heavy (non-hydrogen) atoms. The Morgan fingerprint density at radius 2 is 1.56 bits per heavy atom. The average molecular weight is 657 g/mol. The fourth-order valence-corrected chi connectivity index (χ4v) is 3.72. The molecule has 0 bridgehead atoms. The fourth-order valence-electron chi connectivity index (χ4n) is 3.72. The van der Waals surface area contributed by atoms with Crippen LogP contribution >= 0.6 is 0 Å². The number of hydrogen-bond donors (Lipinski definition) is 1. The van der Waals surface area contributed by atoms with E-state index in [1.54, 1.807) is 7.11 Å². The van der Waals surface area contributed by atoms with Crippen molar-refractivity contribution in [3.05, 3.63) is 109 Å². The van der Waals surface area contributed by atoms with Gasteiger partial charge in [-0.1, -0.05) is 12.1 Å². The van der Waals surface area contributed by atoms with Gasteiger partial charge in [-0.05, 0) is 55.9 Å². The third-order valence-electron chi connectivity index (χ3n) is 5.25. The van der Waals surface area contributed by atoms with Crippen molar-refractivity contribution in [1.29, 1.82) is 0 Å². The minimum atomic E-state index is -0.125. The Morgan fingerprint density at radius 1 is 0.944 bits per heavy atom. The monoisotopic (exact) mass is 657 g/mol. The zero-order valence-electron chi connectivity index (χ0n) is 20.2. The third-order valence-corrected chi connectivity index (χ3v) is 5.25. The van der Waals surface area contributed by atoms with Gasteiger partial charge in [0.15, 0.2) is 5.78 Å². The Hall–Kier alpha value is -3.93. The van der Waals surface area contributed by atoms with Crippen LogP contribution in [-0.4, -0.2) is 32.1 Å². The predicted molar refractivity (Wildman–Crippen MR) is 138 cm³/mol. The maximum atomic E-state index is 10.0. The van der Waals surface area contributed by atoms with Crippen LogP contribution in [0.1, 0.15) is 13.8 Å². The number of nitrogens with zero attached hydrogens (tertiary/aromatic N) is 3. The molecular formula is C29H26IrN3O3-. The molecule has 0 spiro atoms. The van der Waals surface area contributed by atoms with E-state index in [9.17, 15) is 4.79 Å². The summed E-state index contributed by atoms with van der Waals surface area (Å²) in [7, 11) is 1.67. The first kappa shape index (κ1) is 26.7. The van der Waals surface area contributed by atoms with Gasteiger partial charge in [-0.15, -0.1) is 29.8 Å². The van der Waals surface area contributed by atoms with E-state index >= 15 is 0 Å². The van der Waals surface area contributed by atoms with E-state index in [-0.39, 0.29) is 31.6 Å². The van der Waals surface area contributed by atoms with Gasteiger partial charge in [0.1, 0.15) is 0 Å². The van der Waals surface area contributed by atoms with E-state index < -0.39 is 0 Å². The maximum absolute atomic E-state index is 10.0. The predicted octanol–water partition coefficient (Wildman–Crippen LogP) is 6.33. The van der Waals surface area contributed by atoms with Gasteiger partial charge in [0.05, 0.1) is 29.8 Å². The summed E-state index contributed by atoms with van der Waals surface area (Å²) in [6, 6.07) is 25.5. The van der Waals surface area contributed by atoms with Crippen molar-refractivity contribution in [3.63, 3.8) is 0 Å². The molecule has 0 saturated carbocycles. The molecule has 1 N–H and O–H groups in total. The summed E-state index contributed by atoms with van der Waals surface area (Å²) in [4.78, 5) is 14.9. The van der Waals surface area contributed by atoms with Crippen LogP contribution in [0.4, 0.5) is 0 Å². The maximum Gasteiger partial charge on any atom is 0.155 e. The number of aliphatic hydroxyl groups is 1. The molecule has 0 aliphatic rings. The van der Waals surface area contributed by atoms with Gasteiger partial charge in [0, 0.05) is 62.1 Å². The molecule has 3 heterocycles. The van der Waals surface area contributed by atoms with Gasteiger partial charge in [-0.3, -0.25) is 9.78 Å². The van der Waals surface area contributed by atoms with E-state index in [0.717, 1.165) is 39.3 Å². The number of carbonyl (C=O) groups is 1. The molecule has 185 valence electrons. The van der Waals surface area contributed by atoms with Crippen LogP contribution < -0.4 is 4.74 Å². The summed E-state index contributed by atoms with van der Waals surface area (Å²) in [5.74, 6) is 0.735. The first-order valence-electron chi connectivity index (χ1n) is 11.1. The van der Waals surface area contributed by atoms with Crippen LogP contribution in [0.15, 0.2) is 103 Å². The number of fused-ring (bicyclic) bond motifs is 1. The van der Waals surface area contributed by atoms with Crippen LogP contribution in [0.2, 0.25) is 0 Å². The Balaban J connectivity index is 0.000000400.